The van der Waals surface area contributed by atoms with Gasteiger partial charge < -0.3 is 10.6 Å². The second-order valence-electron chi connectivity index (χ2n) is 4.86. The molecule has 0 aromatic heterocycles. The highest BCUT2D eigenvalue weighted by molar-refractivity contribution is 5.94. The van der Waals surface area contributed by atoms with E-state index in [1.165, 1.54) is 0 Å². The van der Waals surface area contributed by atoms with Gasteiger partial charge in [0.15, 0.2) is 0 Å². The summed E-state index contributed by atoms with van der Waals surface area (Å²) in [6.45, 7) is 2.08. The molecule has 4 nitrogen and oxygen atoms in total. The Kier molecular flexibility index (Phi) is 3.65. The van der Waals surface area contributed by atoms with E-state index in [4.69, 9.17) is 0 Å². The maximum Gasteiger partial charge on any atom is 0.227 e. The molecule has 0 heterocycles. The van der Waals surface area contributed by atoms with Crippen LogP contribution in [0, 0.1) is 11.8 Å². The third-order valence-corrected chi connectivity index (χ3v) is 3.31. The van der Waals surface area contributed by atoms with Gasteiger partial charge in [-0.15, -0.1) is 0 Å². The zero-order valence-electron chi connectivity index (χ0n) is 10.7. The number of anilines is 1. The van der Waals surface area contributed by atoms with Crippen molar-refractivity contribution in [2.75, 3.05) is 12.4 Å². The number of amides is 2. The summed E-state index contributed by atoms with van der Waals surface area (Å²) in [5, 5.41) is 5.47. The van der Waals surface area contributed by atoms with E-state index in [0.717, 1.165) is 17.7 Å². The first-order chi connectivity index (χ1) is 8.60. The average Bonchev–Trinajstić information content (AvgIpc) is 3.09. The van der Waals surface area contributed by atoms with Crippen LogP contribution in [-0.2, 0) is 16.0 Å². The molecule has 2 N–H and O–H groups in total. The Morgan fingerprint density at radius 1 is 1.28 bits per heavy atom. The number of carbonyl (C=O) groups excluding carboxylic acids is 2. The summed E-state index contributed by atoms with van der Waals surface area (Å²) in [5.41, 5.74) is 1.73. The molecule has 18 heavy (non-hydrogen) atoms. The molecule has 1 aliphatic carbocycles. The first kappa shape index (κ1) is 12.6. The first-order valence-electron chi connectivity index (χ1n) is 6.20. The second kappa shape index (κ2) is 5.21. The summed E-state index contributed by atoms with van der Waals surface area (Å²) < 4.78 is 0. The fraction of sp³-hybridized carbons (Fsp3) is 0.429. The molecule has 1 fully saturated rings. The highest BCUT2D eigenvalue weighted by atomic mass is 16.2. The maximum atomic E-state index is 11.7. The van der Waals surface area contributed by atoms with Crippen LogP contribution in [0.25, 0.3) is 0 Å². The number of benzene rings is 1. The van der Waals surface area contributed by atoms with Crippen molar-refractivity contribution < 1.29 is 9.59 Å². The highest BCUT2D eigenvalue weighted by Crippen LogP contribution is 2.38. The number of hydrogen-bond acceptors (Lipinski definition) is 2. The van der Waals surface area contributed by atoms with Crippen LogP contribution in [0.5, 0.6) is 0 Å². The monoisotopic (exact) mass is 246 g/mol. The number of hydrogen-bond donors (Lipinski definition) is 2. The Balaban J connectivity index is 1.91. The molecule has 96 valence electrons. The van der Waals surface area contributed by atoms with Gasteiger partial charge in [0.25, 0.3) is 0 Å². The largest absolute Gasteiger partial charge is 0.359 e. The number of rotatable bonds is 4. The molecular formula is C14H18N2O2. The molecule has 0 saturated heterocycles. The number of carbonyl (C=O) groups is 2. The zero-order valence-corrected chi connectivity index (χ0v) is 10.7. The van der Waals surface area contributed by atoms with Crippen LogP contribution in [0.2, 0.25) is 0 Å². The molecule has 0 unspecified atom stereocenters. The van der Waals surface area contributed by atoms with E-state index in [-0.39, 0.29) is 17.7 Å². The Morgan fingerprint density at radius 3 is 2.39 bits per heavy atom. The standard InChI is InChI=1S/C14H18N2O2/c1-9-7-12(9)14(18)16-11-5-3-10(4-6-11)8-13(17)15-2/h3-6,9,12H,7-8H2,1-2H3,(H,15,17)(H,16,18)/t9-,12+/m0/s1. The van der Waals surface area contributed by atoms with E-state index >= 15 is 0 Å². The Hall–Kier alpha value is -1.84. The van der Waals surface area contributed by atoms with Crippen molar-refractivity contribution in [1.82, 2.24) is 5.32 Å². The molecule has 1 aromatic rings. The summed E-state index contributed by atoms with van der Waals surface area (Å²) >= 11 is 0. The van der Waals surface area contributed by atoms with Gasteiger partial charge in [-0.3, -0.25) is 9.59 Å². The predicted molar refractivity (Wildman–Crippen MR) is 70.1 cm³/mol. The molecule has 4 heteroatoms. The minimum Gasteiger partial charge on any atom is -0.359 e. The Labute approximate surface area is 107 Å². The van der Waals surface area contributed by atoms with Gasteiger partial charge in [0.1, 0.15) is 0 Å². The zero-order chi connectivity index (χ0) is 13.1. The smallest absolute Gasteiger partial charge is 0.227 e. The van der Waals surface area contributed by atoms with E-state index in [9.17, 15) is 9.59 Å². The molecule has 1 aromatic carbocycles. The van der Waals surface area contributed by atoms with Gasteiger partial charge in [0, 0.05) is 18.7 Å². The van der Waals surface area contributed by atoms with Crippen LogP contribution in [0.3, 0.4) is 0 Å². The van der Waals surface area contributed by atoms with Gasteiger partial charge in [-0.1, -0.05) is 19.1 Å². The van der Waals surface area contributed by atoms with Crippen molar-refractivity contribution in [2.24, 2.45) is 11.8 Å². The van der Waals surface area contributed by atoms with Crippen molar-refractivity contribution >= 4 is 17.5 Å². The topological polar surface area (TPSA) is 58.2 Å². The number of nitrogens with one attached hydrogen (secondary N) is 2. The third-order valence-electron chi connectivity index (χ3n) is 3.31. The first-order valence-corrected chi connectivity index (χ1v) is 6.20. The quantitative estimate of drug-likeness (QED) is 0.847. The SMILES string of the molecule is CNC(=O)Cc1ccc(NC(=O)[C@@H]2C[C@@H]2C)cc1. The lowest BCUT2D eigenvalue weighted by molar-refractivity contribution is -0.120. The fourth-order valence-electron chi connectivity index (χ4n) is 1.90. The van der Waals surface area contributed by atoms with Gasteiger partial charge >= 0.3 is 0 Å². The molecule has 1 aliphatic rings. The average molecular weight is 246 g/mol. The molecule has 0 radical (unpaired) electrons. The lowest BCUT2D eigenvalue weighted by atomic mass is 10.1. The molecule has 0 spiro atoms. The maximum absolute atomic E-state index is 11.7. The van der Waals surface area contributed by atoms with Crippen LogP contribution in [0.15, 0.2) is 24.3 Å². The van der Waals surface area contributed by atoms with Crippen LogP contribution < -0.4 is 10.6 Å². The predicted octanol–water partition coefficient (Wildman–Crippen LogP) is 1.57. The van der Waals surface area contributed by atoms with Crippen molar-refractivity contribution in [3.63, 3.8) is 0 Å². The Bertz CT molecular complexity index is 453. The Morgan fingerprint density at radius 2 is 1.89 bits per heavy atom. The summed E-state index contributed by atoms with van der Waals surface area (Å²) in [6, 6.07) is 7.40. The van der Waals surface area contributed by atoms with Crippen molar-refractivity contribution in [2.45, 2.75) is 19.8 Å². The van der Waals surface area contributed by atoms with E-state index in [1.54, 1.807) is 7.05 Å². The molecule has 0 bridgehead atoms. The van der Waals surface area contributed by atoms with Gasteiger partial charge in [-0.25, -0.2) is 0 Å². The summed E-state index contributed by atoms with van der Waals surface area (Å²) in [7, 11) is 1.62. The van der Waals surface area contributed by atoms with Crippen molar-refractivity contribution in [3.8, 4) is 0 Å². The van der Waals surface area contributed by atoms with Gasteiger partial charge in [0.05, 0.1) is 6.42 Å². The van der Waals surface area contributed by atoms with E-state index < -0.39 is 0 Å². The van der Waals surface area contributed by atoms with Crippen LogP contribution in [-0.4, -0.2) is 18.9 Å². The van der Waals surface area contributed by atoms with Crippen LogP contribution in [0.4, 0.5) is 5.69 Å². The van der Waals surface area contributed by atoms with Crippen LogP contribution >= 0.6 is 0 Å². The molecule has 0 aliphatic heterocycles. The molecule has 1 saturated carbocycles. The molecule has 2 atom stereocenters. The number of likely N-dealkylation sites (N-methyl/N-ethyl adjacent to an activating group) is 1. The third kappa shape index (κ3) is 3.09. The van der Waals surface area contributed by atoms with Gasteiger partial charge in [-0.2, -0.15) is 0 Å². The summed E-state index contributed by atoms with van der Waals surface area (Å²) in [6.07, 6.45) is 1.35. The van der Waals surface area contributed by atoms with E-state index in [1.807, 2.05) is 24.3 Å². The molecule has 2 rings (SSSR count). The summed E-state index contributed by atoms with van der Waals surface area (Å²) in [4.78, 5) is 22.9. The molecular weight excluding hydrogens is 228 g/mol. The second-order valence-corrected chi connectivity index (χ2v) is 4.86. The minimum absolute atomic E-state index is 0.0152. The highest BCUT2D eigenvalue weighted by Gasteiger charge is 2.38. The van der Waals surface area contributed by atoms with Gasteiger partial charge in [0.2, 0.25) is 11.8 Å². The van der Waals surface area contributed by atoms with Crippen molar-refractivity contribution in [1.29, 1.82) is 0 Å². The fourth-order valence-corrected chi connectivity index (χ4v) is 1.90. The molecule has 2 amide bonds. The van der Waals surface area contributed by atoms with Gasteiger partial charge in [-0.05, 0) is 30.0 Å². The lowest BCUT2D eigenvalue weighted by Crippen LogP contribution is -2.20. The van der Waals surface area contributed by atoms with E-state index in [0.29, 0.717) is 12.3 Å². The van der Waals surface area contributed by atoms with Crippen molar-refractivity contribution in [3.05, 3.63) is 29.8 Å². The normalized spacial score (nSPS) is 21.2. The van der Waals surface area contributed by atoms with E-state index in [2.05, 4.69) is 17.6 Å². The summed E-state index contributed by atoms with van der Waals surface area (Å²) in [5.74, 6) is 0.771. The minimum atomic E-state index is -0.0152. The van der Waals surface area contributed by atoms with Crippen LogP contribution in [0.1, 0.15) is 18.9 Å². The lowest BCUT2D eigenvalue weighted by Gasteiger charge is -2.06.